The van der Waals surface area contributed by atoms with E-state index in [1.807, 2.05) is 0 Å². The number of hydroxylamine groups is 2. The molecule has 11 rings (SSSR count). The van der Waals surface area contributed by atoms with Gasteiger partial charge in [0.1, 0.15) is 60.4 Å². The summed E-state index contributed by atoms with van der Waals surface area (Å²) in [6.07, 6.45) is 9.39. The van der Waals surface area contributed by atoms with Crippen LogP contribution in [-0.4, -0.2) is 257 Å². The van der Waals surface area contributed by atoms with Gasteiger partial charge < -0.3 is 53.8 Å². The van der Waals surface area contributed by atoms with Gasteiger partial charge in [-0.15, -0.1) is 5.06 Å². The minimum Gasteiger partial charge on any atom is -0.331 e. The Morgan fingerprint density at radius 2 is 0.457 bits per heavy atom. The summed E-state index contributed by atoms with van der Waals surface area (Å²) in [7, 11) is 0. The van der Waals surface area contributed by atoms with Crippen molar-refractivity contribution in [3.63, 3.8) is 0 Å². The van der Waals surface area contributed by atoms with E-state index in [4.69, 9.17) is 4.84 Å². The molecule has 0 aromatic rings. The maximum absolute atomic E-state index is 14.8. The van der Waals surface area contributed by atoms with Crippen molar-refractivity contribution in [1.82, 2.24) is 54.1 Å². The van der Waals surface area contributed by atoms with Crippen LogP contribution < -0.4 is 0 Å². The Labute approximate surface area is 470 Å². The molecular weight excluding hydrogens is 1050 g/mol. The van der Waals surface area contributed by atoms with E-state index in [1.54, 1.807) is 34.3 Å². The Kier molecular flexibility index (Phi) is 16.1. The topological polar surface area (TPSA) is 267 Å². The molecule has 25 heteroatoms. The van der Waals surface area contributed by atoms with Gasteiger partial charge in [-0.3, -0.25) is 57.5 Å². The largest absolute Gasteiger partial charge is 0.355 e. The third-order valence-electron chi connectivity index (χ3n) is 19.5. The Morgan fingerprint density at radius 1 is 0.284 bits per heavy atom. The van der Waals surface area contributed by atoms with Crippen LogP contribution >= 0.6 is 0 Å². The first-order valence-electron chi connectivity index (χ1n) is 30.1. The molecule has 25 nitrogen and oxygen atoms in total. The molecule has 11 aliphatic rings. The number of hydrogen-bond donors (Lipinski definition) is 0. The molecule has 11 saturated heterocycles. The average molecular weight is 1130 g/mol. The molecule has 11 fully saturated rings. The molecule has 10 unspecified atom stereocenters. The smallest absolute Gasteiger partial charge is 0.331 e. The second-order valence-electron chi connectivity index (χ2n) is 24.1. The van der Waals surface area contributed by atoms with E-state index >= 15 is 0 Å². The maximum atomic E-state index is 14.8. The second kappa shape index (κ2) is 23.3. The predicted molar refractivity (Wildman–Crippen MR) is 280 cm³/mol. The molecule has 440 valence electrons. The molecule has 11 heterocycles. The van der Waals surface area contributed by atoms with Gasteiger partial charge in [0.2, 0.25) is 59.1 Å². The zero-order valence-electron chi connectivity index (χ0n) is 46.5. The Balaban J connectivity index is 0.708. The molecule has 81 heavy (non-hydrogen) atoms. The molecule has 0 aromatic heterocycles. The van der Waals surface area contributed by atoms with Crippen LogP contribution in [0.2, 0.25) is 0 Å². The van der Waals surface area contributed by atoms with Gasteiger partial charge >= 0.3 is 5.97 Å². The van der Waals surface area contributed by atoms with Gasteiger partial charge in [0.25, 0.3) is 11.8 Å². The lowest BCUT2D eigenvalue weighted by atomic mass is 10.1. The minimum atomic E-state index is -1.03. The number of likely N-dealkylation sites (tertiary alicyclic amines) is 10. The standard InChI is InChI=1S/C56H77N11O14/c1-34(68)57-24-2-12-35(57)47(71)58-25-3-13-36(58)48(72)59-26-4-14-37(59)49(73)60-27-5-15-38(60)50(74)61-28-6-16-39(61)51(75)62-29-7-17-40(62)52(76)63-30-8-18-41(63)53(77)64-31-9-19-42(64)54(78)65-32-10-20-43(65)55(79)66-33-11-21-44(66)56(80)81-67-45(69)22-23-46(67)70/h35-44H,2-33H2,1H3. The average Bonchev–Trinajstić information content (AvgIpc) is 4.33. The molecule has 0 aromatic carbocycles. The summed E-state index contributed by atoms with van der Waals surface area (Å²) in [5, 5.41) is 0.464. The second-order valence-corrected chi connectivity index (χ2v) is 24.1. The quantitative estimate of drug-likeness (QED) is 0.237. The number of rotatable bonds is 11. The summed E-state index contributed by atoms with van der Waals surface area (Å²) in [4.78, 5) is 201. The van der Waals surface area contributed by atoms with Crippen LogP contribution in [0.5, 0.6) is 0 Å². The fourth-order valence-electron chi connectivity index (χ4n) is 15.5. The van der Waals surface area contributed by atoms with Crippen LogP contribution in [-0.2, 0) is 67.2 Å². The summed E-state index contributed by atoms with van der Waals surface area (Å²) in [6, 6.07) is -8.39. The van der Waals surface area contributed by atoms with Crippen molar-refractivity contribution in [2.75, 3.05) is 65.4 Å². The Morgan fingerprint density at radius 3 is 0.667 bits per heavy atom. The van der Waals surface area contributed by atoms with E-state index < -0.39 is 84.1 Å². The van der Waals surface area contributed by atoms with Gasteiger partial charge in [0, 0.05) is 85.2 Å². The van der Waals surface area contributed by atoms with Gasteiger partial charge in [-0.05, 0) is 128 Å². The number of amides is 12. The summed E-state index contributed by atoms with van der Waals surface area (Å²) < 4.78 is 0. The van der Waals surface area contributed by atoms with Crippen molar-refractivity contribution in [3.05, 3.63) is 0 Å². The summed E-state index contributed by atoms with van der Waals surface area (Å²) >= 11 is 0. The first-order valence-corrected chi connectivity index (χ1v) is 30.1. The monoisotopic (exact) mass is 1130 g/mol. The third kappa shape index (κ3) is 10.3. The molecule has 0 saturated carbocycles. The molecule has 0 radical (unpaired) electrons. The zero-order valence-corrected chi connectivity index (χ0v) is 46.5. The van der Waals surface area contributed by atoms with Gasteiger partial charge in [0.15, 0.2) is 0 Å². The normalized spacial score (nSPS) is 31.5. The minimum absolute atomic E-state index is 0.0694. The highest BCUT2D eigenvalue weighted by Gasteiger charge is 2.53. The summed E-state index contributed by atoms with van der Waals surface area (Å²) in [5.74, 6) is -5.39. The molecule has 12 amide bonds. The highest BCUT2D eigenvalue weighted by molar-refractivity contribution is 6.03. The third-order valence-corrected chi connectivity index (χ3v) is 19.5. The predicted octanol–water partition coefficient (Wildman–Crippen LogP) is -0.476. The van der Waals surface area contributed by atoms with Crippen molar-refractivity contribution >= 4 is 76.9 Å². The summed E-state index contributed by atoms with van der Waals surface area (Å²) in [6.45, 7) is 4.64. The fourth-order valence-corrected chi connectivity index (χ4v) is 15.5. The number of imide groups is 1. The van der Waals surface area contributed by atoms with Gasteiger partial charge in [-0.1, -0.05) is 0 Å². The first-order chi connectivity index (χ1) is 39.0. The molecule has 0 N–H and O–H groups in total. The highest BCUT2D eigenvalue weighted by atomic mass is 16.7. The Bertz CT molecular complexity index is 2620. The Hall–Kier alpha value is -6.69. The number of hydrogen-bond acceptors (Lipinski definition) is 14. The maximum Gasteiger partial charge on any atom is 0.355 e. The number of nitrogens with zero attached hydrogens (tertiary/aromatic N) is 11. The van der Waals surface area contributed by atoms with Crippen molar-refractivity contribution < 1.29 is 67.2 Å². The van der Waals surface area contributed by atoms with E-state index in [0.717, 1.165) is 0 Å². The number of carbonyl (C=O) groups excluding carboxylic acids is 13. The van der Waals surface area contributed by atoms with E-state index in [0.29, 0.717) is 160 Å². The lowest BCUT2D eigenvalue weighted by molar-refractivity contribution is -0.201. The molecule has 10 atom stereocenters. The zero-order chi connectivity index (χ0) is 57.0. The summed E-state index contributed by atoms with van der Waals surface area (Å²) in [5.41, 5.74) is 0. The van der Waals surface area contributed by atoms with Crippen molar-refractivity contribution in [2.24, 2.45) is 0 Å². The van der Waals surface area contributed by atoms with Crippen LogP contribution in [0.25, 0.3) is 0 Å². The van der Waals surface area contributed by atoms with E-state index in [-0.39, 0.29) is 105 Å². The number of carbonyl (C=O) groups is 13. The van der Waals surface area contributed by atoms with Gasteiger partial charge in [0.05, 0.1) is 0 Å². The van der Waals surface area contributed by atoms with Crippen LogP contribution in [0, 0.1) is 0 Å². The van der Waals surface area contributed by atoms with Crippen LogP contribution in [0.4, 0.5) is 0 Å². The van der Waals surface area contributed by atoms with Crippen LogP contribution in [0.15, 0.2) is 0 Å². The van der Waals surface area contributed by atoms with E-state index in [9.17, 15) is 62.3 Å². The van der Waals surface area contributed by atoms with Crippen LogP contribution in [0.3, 0.4) is 0 Å². The van der Waals surface area contributed by atoms with Crippen LogP contribution in [0.1, 0.15) is 148 Å². The fraction of sp³-hybridized carbons (Fsp3) is 0.768. The van der Waals surface area contributed by atoms with Crippen molar-refractivity contribution in [3.8, 4) is 0 Å². The molecule has 0 bridgehead atoms. The first kappa shape index (κ1) is 56.2. The molecule has 0 aliphatic carbocycles. The van der Waals surface area contributed by atoms with Gasteiger partial charge in [-0.2, -0.15) is 0 Å². The van der Waals surface area contributed by atoms with E-state index in [1.165, 1.54) is 21.6 Å². The molecular formula is C56H77N11O14. The van der Waals surface area contributed by atoms with Gasteiger partial charge in [-0.25, -0.2) is 4.79 Å². The lowest BCUT2D eigenvalue weighted by Gasteiger charge is -2.37. The lowest BCUT2D eigenvalue weighted by Crippen LogP contribution is -2.59. The SMILES string of the molecule is CC(=O)N1CCCC1C(=O)N1CCCC1C(=O)N1CCCC1C(=O)N1CCCC1C(=O)N1CCCC1C(=O)N1CCCC1C(=O)N1CCCC1C(=O)N1CCCC1C(=O)N1CCCC1C(=O)N1CCCC1C(=O)ON1C(=O)CCC1=O. The van der Waals surface area contributed by atoms with Crippen molar-refractivity contribution in [2.45, 2.75) is 209 Å². The highest BCUT2D eigenvalue weighted by Crippen LogP contribution is 2.36. The van der Waals surface area contributed by atoms with E-state index in [2.05, 4.69) is 0 Å². The molecule has 0 spiro atoms. The van der Waals surface area contributed by atoms with Crippen molar-refractivity contribution in [1.29, 1.82) is 0 Å². The molecule has 11 aliphatic heterocycles.